The van der Waals surface area contributed by atoms with Crippen LogP contribution in [0.2, 0.25) is 0 Å². The number of carbonyl (C=O) groups is 1. The van der Waals surface area contributed by atoms with E-state index in [4.69, 9.17) is 9.47 Å². The first-order valence-corrected chi connectivity index (χ1v) is 7.31. The van der Waals surface area contributed by atoms with E-state index < -0.39 is 42.7 Å². The quantitative estimate of drug-likeness (QED) is 0.367. The standard InChI is InChI=1S/C15H21NO7/c16-9(6-8-4-2-1-3-5-8)14(20)22-7-10-11(17)12(18)13(19)15(21)23-10/h1-5,9-13,15,17-19,21H,6-7,16H2/p+1/t9-,10+,11-,12-,13+,15-/m1/s1. The van der Waals surface area contributed by atoms with Gasteiger partial charge in [-0.15, -0.1) is 0 Å². The number of aliphatic hydroxyl groups excluding tert-OH is 4. The summed E-state index contributed by atoms with van der Waals surface area (Å²) in [5.41, 5.74) is 4.68. The smallest absolute Gasteiger partial charge is 0.365 e. The molecule has 6 atom stereocenters. The van der Waals surface area contributed by atoms with Gasteiger partial charge in [0.05, 0.1) is 0 Å². The van der Waals surface area contributed by atoms with Gasteiger partial charge in [-0.05, 0) is 5.56 Å². The first-order valence-electron chi connectivity index (χ1n) is 7.31. The van der Waals surface area contributed by atoms with E-state index in [1.165, 1.54) is 0 Å². The zero-order valence-corrected chi connectivity index (χ0v) is 12.5. The van der Waals surface area contributed by atoms with Crippen molar-refractivity contribution in [1.82, 2.24) is 0 Å². The summed E-state index contributed by atoms with van der Waals surface area (Å²) in [6.07, 6.45) is -7.05. The van der Waals surface area contributed by atoms with Crippen LogP contribution in [-0.4, -0.2) is 69.8 Å². The van der Waals surface area contributed by atoms with Gasteiger partial charge in [0.2, 0.25) is 0 Å². The van der Waals surface area contributed by atoms with E-state index in [9.17, 15) is 25.2 Å². The van der Waals surface area contributed by atoms with Crippen LogP contribution < -0.4 is 5.73 Å². The fraction of sp³-hybridized carbons (Fsp3) is 0.533. The number of esters is 1. The molecule has 8 heteroatoms. The monoisotopic (exact) mass is 328 g/mol. The van der Waals surface area contributed by atoms with Crippen molar-refractivity contribution >= 4 is 5.97 Å². The van der Waals surface area contributed by atoms with E-state index in [2.05, 4.69) is 5.73 Å². The van der Waals surface area contributed by atoms with Crippen LogP contribution in [0.4, 0.5) is 0 Å². The van der Waals surface area contributed by atoms with Crippen molar-refractivity contribution in [1.29, 1.82) is 0 Å². The number of ether oxygens (including phenoxy) is 2. The zero-order valence-electron chi connectivity index (χ0n) is 12.5. The lowest BCUT2D eigenvalue weighted by Gasteiger charge is -2.37. The normalized spacial score (nSPS) is 32.3. The number of hydrogen-bond acceptors (Lipinski definition) is 7. The minimum absolute atomic E-state index is 0.359. The molecule has 1 heterocycles. The predicted octanol–water partition coefficient (Wildman–Crippen LogP) is -2.82. The number of hydrogen-bond donors (Lipinski definition) is 5. The molecule has 1 aliphatic rings. The molecule has 0 bridgehead atoms. The number of benzene rings is 1. The summed E-state index contributed by atoms with van der Waals surface area (Å²) in [6, 6.07) is 8.67. The van der Waals surface area contributed by atoms with E-state index in [1.54, 1.807) is 0 Å². The van der Waals surface area contributed by atoms with Crippen molar-refractivity contribution in [3.63, 3.8) is 0 Å². The highest BCUT2D eigenvalue weighted by molar-refractivity contribution is 5.74. The number of quaternary nitrogens is 1. The van der Waals surface area contributed by atoms with Crippen LogP contribution in [-0.2, 0) is 20.7 Å². The molecule has 1 fully saturated rings. The summed E-state index contributed by atoms with van der Waals surface area (Å²) in [5, 5.41) is 38.1. The Balaban J connectivity index is 1.84. The Kier molecular flexibility index (Phi) is 6.05. The van der Waals surface area contributed by atoms with Gasteiger partial charge in [0.25, 0.3) is 0 Å². The Labute approximate surface area is 133 Å². The third-order valence-electron chi connectivity index (χ3n) is 3.74. The Bertz CT molecular complexity index is 512. The third kappa shape index (κ3) is 4.47. The van der Waals surface area contributed by atoms with E-state index in [1.807, 2.05) is 30.3 Å². The third-order valence-corrected chi connectivity index (χ3v) is 3.74. The average Bonchev–Trinajstić information content (AvgIpc) is 2.55. The molecular formula is C15H22NO7+. The summed E-state index contributed by atoms with van der Waals surface area (Å²) in [7, 11) is 0. The predicted molar refractivity (Wildman–Crippen MR) is 76.7 cm³/mol. The summed E-state index contributed by atoms with van der Waals surface area (Å²) in [5.74, 6) is -0.584. The highest BCUT2D eigenvalue weighted by Gasteiger charge is 2.43. The maximum Gasteiger partial charge on any atom is 0.365 e. The van der Waals surface area contributed by atoms with Crippen molar-refractivity contribution in [2.24, 2.45) is 0 Å². The molecule has 0 radical (unpaired) electrons. The first-order chi connectivity index (χ1) is 10.9. The van der Waals surface area contributed by atoms with Crippen molar-refractivity contribution in [3.8, 4) is 0 Å². The lowest BCUT2D eigenvalue weighted by Crippen LogP contribution is -2.66. The molecule has 0 unspecified atom stereocenters. The maximum atomic E-state index is 11.9. The van der Waals surface area contributed by atoms with Crippen LogP contribution in [0, 0.1) is 0 Å². The lowest BCUT2D eigenvalue weighted by atomic mass is 9.99. The second-order valence-corrected chi connectivity index (χ2v) is 5.55. The summed E-state index contributed by atoms with van der Waals surface area (Å²) in [4.78, 5) is 11.9. The van der Waals surface area contributed by atoms with Gasteiger partial charge in [0, 0.05) is 6.42 Å². The van der Waals surface area contributed by atoms with Crippen LogP contribution in [0.1, 0.15) is 5.56 Å². The van der Waals surface area contributed by atoms with Crippen LogP contribution in [0.15, 0.2) is 30.3 Å². The van der Waals surface area contributed by atoms with E-state index in [-0.39, 0.29) is 6.61 Å². The molecule has 1 aliphatic heterocycles. The van der Waals surface area contributed by atoms with Gasteiger partial charge in [-0.3, -0.25) is 0 Å². The van der Waals surface area contributed by atoms with Gasteiger partial charge in [-0.1, -0.05) is 30.3 Å². The summed E-state index contributed by atoms with van der Waals surface area (Å²) in [6.45, 7) is -0.359. The van der Waals surface area contributed by atoms with Gasteiger partial charge in [0.15, 0.2) is 12.3 Å². The van der Waals surface area contributed by atoms with Gasteiger partial charge >= 0.3 is 5.97 Å². The topological polar surface area (TPSA) is 144 Å². The van der Waals surface area contributed by atoms with Crippen molar-refractivity contribution in [2.75, 3.05) is 6.61 Å². The van der Waals surface area contributed by atoms with E-state index >= 15 is 0 Å². The molecule has 1 saturated heterocycles. The SMILES string of the molecule is [NH3+][C@H](Cc1ccccc1)C(=O)OC[C@@H]1O[C@@H](O)[C@@H](O)[C@H](O)[C@@H]1O. The Morgan fingerprint density at radius 3 is 2.43 bits per heavy atom. The molecule has 1 aromatic carbocycles. The number of aliphatic hydroxyl groups is 4. The zero-order chi connectivity index (χ0) is 17.0. The number of carbonyl (C=O) groups excluding carboxylic acids is 1. The Hall–Kier alpha value is -1.55. The van der Waals surface area contributed by atoms with Gasteiger partial charge < -0.3 is 35.6 Å². The largest absolute Gasteiger partial charge is 0.458 e. The molecular weight excluding hydrogens is 306 g/mol. The average molecular weight is 328 g/mol. The molecule has 7 N–H and O–H groups in total. The van der Waals surface area contributed by atoms with Crippen LogP contribution in [0.25, 0.3) is 0 Å². The maximum absolute atomic E-state index is 11.9. The van der Waals surface area contributed by atoms with Crippen LogP contribution >= 0.6 is 0 Å². The van der Waals surface area contributed by atoms with E-state index in [0.717, 1.165) is 5.56 Å². The minimum atomic E-state index is -1.66. The van der Waals surface area contributed by atoms with E-state index in [0.29, 0.717) is 6.42 Å². The molecule has 1 aromatic rings. The van der Waals surface area contributed by atoms with Crippen molar-refractivity contribution < 1.29 is 40.4 Å². The fourth-order valence-electron chi connectivity index (χ4n) is 2.33. The molecule has 0 amide bonds. The molecule has 2 rings (SSSR count). The van der Waals surface area contributed by atoms with Crippen molar-refractivity contribution in [3.05, 3.63) is 35.9 Å². The van der Waals surface area contributed by atoms with Crippen LogP contribution in [0.3, 0.4) is 0 Å². The molecule has 0 aliphatic carbocycles. The summed E-state index contributed by atoms with van der Waals surface area (Å²) < 4.78 is 9.96. The van der Waals surface area contributed by atoms with Gasteiger partial charge in [-0.2, -0.15) is 0 Å². The first kappa shape index (κ1) is 17.8. The molecule has 0 saturated carbocycles. The van der Waals surface area contributed by atoms with Gasteiger partial charge in [-0.25, -0.2) is 4.79 Å². The highest BCUT2D eigenvalue weighted by atomic mass is 16.6. The summed E-state index contributed by atoms with van der Waals surface area (Å²) >= 11 is 0. The lowest BCUT2D eigenvalue weighted by molar-refractivity contribution is -0.408. The molecule has 128 valence electrons. The minimum Gasteiger partial charge on any atom is -0.458 e. The number of rotatable bonds is 5. The Morgan fingerprint density at radius 2 is 1.78 bits per heavy atom. The second-order valence-electron chi connectivity index (χ2n) is 5.55. The molecule has 0 spiro atoms. The second kappa shape index (κ2) is 7.82. The molecule has 8 nitrogen and oxygen atoms in total. The van der Waals surface area contributed by atoms with Crippen LogP contribution in [0.5, 0.6) is 0 Å². The fourth-order valence-corrected chi connectivity index (χ4v) is 2.33. The highest BCUT2D eigenvalue weighted by Crippen LogP contribution is 2.20. The molecule has 0 aromatic heterocycles. The van der Waals surface area contributed by atoms with Gasteiger partial charge in [0.1, 0.15) is 31.0 Å². The van der Waals surface area contributed by atoms with Crippen molar-refractivity contribution in [2.45, 2.75) is 43.2 Å². The Morgan fingerprint density at radius 1 is 1.13 bits per heavy atom. The molecule has 23 heavy (non-hydrogen) atoms.